The third-order valence-corrected chi connectivity index (χ3v) is 2.39. The zero-order valence-corrected chi connectivity index (χ0v) is 8.77. The van der Waals surface area contributed by atoms with Crippen LogP contribution in [0.15, 0.2) is 18.2 Å². The van der Waals surface area contributed by atoms with Crippen molar-refractivity contribution in [2.75, 3.05) is 7.11 Å². The van der Waals surface area contributed by atoms with Crippen molar-refractivity contribution in [3.8, 4) is 0 Å². The maximum Gasteiger partial charge on any atom is 0.328 e. The first kappa shape index (κ1) is 11.3. The number of hydrogen-bond donors (Lipinski definition) is 0. The molecule has 5 heteroatoms. The standard InChI is InChI=1S/C9H7Cl2FO2/c1-14-9(13)8(11)7-5(10)3-2-4-6(7)12/h2-4,8H,1H3. The van der Waals surface area contributed by atoms with Gasteiger partial charge in [-0.2, -0.15) is 0 Å². The quantitative estimate of drug-likeness (QED) is 0.583. The highest BCUT2D eigenvalue weighted by Gasteiger charge is 2.24. The summed E-state index contributed by atoms with van der Waals surface area (Å²) in [5.41, 5.74) is -0.0531. The second-order valence-electron chi connectivity index (χ2n) is 2.52. The van der Waals surface area contributed by atoms with Crippen molar-refractivity contribution in [2.45, 2.75) is 5.38 Å². The minimum atomic E-state index is -1.21. The average molecular weight is 237 g/mol. The van der Waals surface area contributed by atoms with Crippen LogP contribution in [0.1, 0.15) is 10.9 Å². The van der Waals surface area contributed by atoms with Gasteiger partial charge >= 0.3 is 5.97 Å². The van der Waals surface area contributed by atoms with Crippen molar-refractivity contribution in [1.29, 1.82) is 0 Å². The van der Waals surface area contributed by atoms with Gasteiger partial charge in [-0.25, -0.2) is 4.39 Å². The van der Waals surface area contributed by atoms with Gasteiger partial charge in [0, 0.05) is 10.6 Å². The first-order chi connectivity index (χ1) is 6.57. The zero-order valence-electron chi connectivity index (χ0n) is 7.26. The topological polar surface area (TPSA) is 26.3 Å². The molecule has 2 nitrogen and oxygen atoms in total. The molecule has 0 heterocycles. The molecular weight excluding hydrogens is 230 g/mol. The lowest BCUT2D eigenvalue weighted by Crippen LogP contribution is -2.10. The molecule has 1 atom stereocenters. The Morgan fingerprint density at radius 2 is 2.21 bits per heavy atom. The summed E-state index contributed by atoms with van der Waals surface area (Å²) in [6.45, 7) is 0. The van der Waals surface area contributed by atoms with E-state index in [4.69, 9.17) is 23.2 Å². The second kappa shape index (κ2) is 4.62. The molecule has 1 unspecified atom stereocenters. The predicted molar refractivity (Wildman–Crippen MR) is 52.0 cm³/mol. The number of ether oxygens (including phenoxy) is 1. The fourth-order valence-corrected chi connectivity index (χ4v) is 1.61. The van der Waals surface area contributed by atoms with E-state index in [2.05, 4.69) is 4.74 Å². The average Bonchev–Trinajstić information content (AvgIpc) is 2.16. The monoisotopic (exact) mass is 236 g/mol. The maximum absolute atomic E-state index is 13.2. The summed E-state index contributed by atoms with van der Waals surface area (Å²) in [4.78, 5) is 11.0. The van der Waals surface area contributed by atoms with E-state index in [1.807, 2.05) is 0 Å². The largest absolute Gasteiger partial charge is 0.468 e. The highest BCUT2D eigenvalue weighted by atomic mass is 35.5. The Balaban J connectivity index is 3.11. The highest BCUT2D eigenvalue weighted by molar-refractivity contribution is 6.35. The van der Waals surface area contributed by atoms with Gasteiger partial charge in [0.05, 0.1) is 7.11 Å². The van der Waals surface area contributed by atoms with E-state index in [1.54, 1.807) is 0 Å². The Kier molecular flexibility index (Phi) is 3.72. The van der Waals surface area contributed by atoms with E-state index in [0.717, 1.165) is 0 Å². The molecule has 0 saturated carbocycles. The molecule has 0 spiro atoms. The normalized spacial score (nSPS) is 12.3. The summed E-state index contributed by atoms with van der Waals surface area (Å²) in [6, 6.07) is 4.07. The molecular formula is C9H7Cl2FO2. The van der Waals surface area contributed by atoms with Crippen LogP contribution in [-0.2, 0) is 9.53 Å². The van der Waals surface area contributed by atoms with Gasteiger partial charge in [-0.1, -0.05) is 17.7 Å². The fourth-order valence-electron chi connectivity index (χ4n) is 0.974. The highest BCUT2D eigenvalue weighted by Crippen LogP contribution is 2.30. The smallest absolute Gasteiger partial charge is 0.328 e. The van der Waals surface area contributed by atoms with Gasteiger partial charge in [0.1, 0.15) is 5.82 Å². The Labute approximate surface area is 90.6 Å². The molecule has 1 aromatic carbocycles. The molecule has 0 N–H and O–H groups in total. The van der Waals surface area contributed by atoms with E-state index in [-0.39, 0.29) is 10.6 Å². The number of carbonyl (C=O) groups is 1. The fraction of sp³-hybridized carbons (Fsp3) is 0.222. The summed E-state index contributed by atoms with van der Waals surface area (Å²) >= 11 is 11.4. The van der Waals surface area contributed by atoms with E-state index >= 15 is 0 Å². The van der Waals surface area contributed by atoms with Gasteiger partial charge < -0.3 is 4.74 Å². The molecule has 0 amide bonds. The first-order valence-corrected chi connectivity index (χ1v) is 4.55. The Bertz CT molecular complexity index is 334. The molecule has 0 fully saturated rings. The molecule has 0 aliphatic heterocycles. The van der Waals surface area contributed by atoms with E-state index in [1.165, 1.54) is 25.3 Å². The number of esters is 1. The number of halogens is 3. The van der Waals surface area contributed by atoms with Gasteiger partial charge in [-0.3, -0.25) is 4.79 Å². The minimum Gasteiger partial charge on any atom is -0.468 e. The molecule has 76 valence electrons. The Morgan fingerprint density at radius 1 is 1.57 bits per heavy atom. The van der Waals surface area contributed by atoms with Crippen LogP contribution in [0.2, 0.25) is 5.02 Å². The first-order valence-electron chi connectivity index (χ1n) is 3.73. The number of carbonyl (C=O) groups excluding carboxylic acids is 1. The molecule has 0 aliphatic rings. The summed E-state index contributed by atoms with van der Waals surface area (Å²) in [5, 5.41) is -1.11. The third kappa shape index (κ3) is 2.16. The van der Waals surface area contributed by atoms with Crippen LogP contribution in [0, 0.1) is 5.82 Å². The van der Waals surface area contributed by atoms with Gasteiger partial charge in [-0.15, -0.1) is 11.6 Å². The van der Waals surface area contributed by atoms with E-state index in [0.29, 0.717) is 0 Å². The van der Waals surface area contributed by atoms with Crippen molar-refractivity contribution in [2.24, 2.45) is 0 Å². The molecule has 0 radical (unpaired) electrons. The molecule has 1 aromatic rings. The van der Waals surface area contributed by atoms with Crippen molar-refractivity contribution in [3.05, 3.63) is 34.6 Å². The second-order valence-corrected chi connectivity index (χ2v) is 3.36. The van der Waals surface area contributed by atoms with Crippen LogP contribution in [0.4, 0.5) is 4.39 Å². The Hall–Kier alpha value is -0.800. The van der Waals surface area contributed by atoms with Crippen LogP contribution in [-0.4, -0.2) is 13.1 Å². The predicted octanol–water partition coefficient (Wildman–Crippen LogP) is 2.93. The van der Waals surface area contributed by atoms with Crippen LogP contribution in [0.3, 0.4) is 0 Å². The van der Waals surface area contributed by atoms with Crippen molar-refractivity contribution in [1.82, 2.24) is 0 Å². The molecule has 1 rings (SSSR count). The number of benzene rings is 1. The molecule has 14 heavy (non-hydrogen) atoms. The van der Waals surface area contributed by atoms with E-state index < -0.39 is 17.2 Å². The van der Waals surface area contributed by atoms with Crippen LogP contribution < -0.4 is 0 Å². The van der Waals surface area contributed by atoms with Gasteiger partial charge in [0.2, 0.25) is 0 Å². The van der Waals surface area contributed by atoms with Crippen molar-refractivity contribution >= 4 is 29.2 Å². The van der Waals surface area contributed by atoms with Gasteiger partial charge in [0.25, 0.3) is 0 Å². The maximum atomic E-state index is 13.2. The molecule has 0 aromatic heterocycles. The third-order valence-electron chi connectivity index (χ3n) is 1.66. The number of methoxy groups -OCH3 is 1. The lowest BCUT2D eigenvalue weighted by atomic mass is 10.1. The lowest BCUT2D eigenvalue weighted by molar-refractivity contribution is -0.140. The summed E-state index contributed by atoms with van der Waals surface area (Å²) in [5.74, 6) is -1.36. The number of rotatable bonds is 2. The SMILES string of the molecule is COC(=O)C(Cl)c1c(F)cccc1Cl. The van der Waals surface area contributed by atoms with Crippen LogP contribution in [0.5, 0.6) is 0 Å². The number of alkyl halides is 1. The Morgan fingerprint density at radius 3 is 2.71 bits per heavy atom. The summed E-state index contributed by atoms with van der Waals surface area (Å²) in [7, 11) is 1.17. The molecule has 0 saturated heterocycles. The minimum absolute atomic E-state index is 0.0531. The lowest BCUT2D eigenvalue weighted by Gasteiger charge is -2.09. The van der Waals surface area contributed by atoms with Gasteiger partial charge in [-0.05, 0) is 12.1 Å². The zero-order chi connectivity index (χ0) is 10.7. The van der Waals surface area contributed by atoms with Crippen LogP contribution >= 0.6 is 23.2 Å². The van der Waals surface area contributed by atoms with E-state index in [9.17, 15) is 9.18 Å². The van der Waals surface area contributed by atoms with Gasteiger partial charge in [0.15, 0.2) is 5.38 Å². The number of hydrogen-bond acceptors (Lipinski definition) is 2. The van der Waals surface area contributed by atoms with Crippen molar-refractivity contribution in [3.63, 3.8) is 0 Å². The summed E-state index contributed by atoms with van der Waals surface area (Å²) < 4.78 is 17.6. The van der Waals surface area contributed by atoms with Crippen molar-refractivity contribution < 1.29 is 13.9 Å². The molecule has 0 aliphatic carbocycles. The van der Waals surface area contributed by atoms with Crippen LogP contribution in [0.25, 0.3) is 0 Å². The summed E-state index contributed by atoms with van der Waals surface area (Å²) in [6.07, 6.45) is 0. The molecule has 0 bridgehead atoms.